The van der Waals surface area contributed by atoms with Gasteiger partial charge in [-0.3, -0.25) is 0 Å². The van der Waals surface area contributed by atoms with Crippen LogP contribution in [0, 0.1) is 11.3 Å². The molecule has 0 aromatic carbocycles. The van der Waals surface area contributed by atoms with Gasteiger partial charge in [0.05, 0.1) is 23.0 Å². The van der Waals surface area contributed by atoms with Crippen LogP contribution in [0.4, 0.5) is 5.69 Å². The van der Waals surface area contributed by atoms with Gasteiger partial charge in [0, 0.05) is 12.2 Å². The van der Waals surface area contributed by atoms with Crippen molar-refractivity contribution in [3.8, 4) is 6.07 Å². The SMILES string of the molecule is N#CCCSc1ccc(N)cn1. The fourth-order valence-corrected chi connectivity index (χ4v) is 1.37. The van der Waals surface area contributed by atoms with E-state index < -0.39 is 0 Å². The van der Waals surface area contributed by atoms with Gasteiger partial charge in [0.1, 0.15) is 0 Å². The van der Waals surface area contributed by atoms with Crippen LogP contribution < -0.4 is 5.73 Å². The Bertz CT molecular complexity index is 275. The Balaban J connectivity index is 2.43. The number of nitrogens with two attached hydrogens (primary N) is 1. The third-order valence-corrected chi connectivity index (χ3v) is 2.17. The van der Waals surface area contributed by atoms with E-state index in [4.69, 9.17) is 11.0 Å². The first-order valence-corrected chi connectivity index (χ1v) is 4.53. The van der Waals surface area contributed by atoms with Crippen molar-refractivity contribution in [1.29, 1.82) is 5.26 Å². The van der Waals surface area contributed by atoms with Crippen molar-refractivity contribution < 1.29 is 0 Å². The van der Waals surface area contributed by atoms with Gasteiger partial charge in [0.2, 0.25) is 0 Å². The Morgan fingerprint density at radius 2 is 2.42 bits per heavy atom. The van der Waals surface area contributed by atoms with Gasteiger partial charge < -0.3 is 5.73 Å². The Morgan fingerprint density at radius 3 is 3.00 bits per heavy atom. The predicted molar refractivity (Wildman–Crippen MR) is 49.6 cm³/mol. The van der Waals surface area contributed by atoms with Crippen molar-refractivity contribution in [2.75, 3.05) is 11.5 Å². The summed E-state index contributed by atoms with van der Waals surface area (Å²) in [5.74, 6) is 0.785. The lowest BCUT2D eigenvalue weighted by molar-refractivity contribution is 1.13. The zero-order valence-electron chi connectivity index (χ0n) is 6.53. The van der Waals surface area contributed by atoms with Crippen LogP contribution in [-0.4, -0.2) is 10.7 Å². The first kappa shape index (κ1) is 8.88. The van der Waals surface area contributed by atoms with Crippen molar-refractivity contribution in [3.05, 3.63) is 18.3 Å². The third kappa shape index (κ3) is 2.81. The molecule has 0 spiro atoms. The quantitative estimate of drug-likeness (QED) is 0.566. The highest BCUT2D eigenvalue weighted by Crippen LogP contribution is 2.16. The summed E-state index contributed by atoms with van der Waals surface area (Å²) < 4.78 is 0. The maximum absolute atomic E-state index is 8.28. The Labute approximate surface area is 75.6 Å². The Hall–Kier alpha value is -1.21. The minimum absolute atomic E-state index is 0.552. The summed E-state index contributed by atoms with van der Waals surface area (Å²) in [5.41, 5.74) is 6.12. The van der Waals surface area contributed by atoms with E-state index in [2.05, 4.69) is 11.1 Å². The lowest BCUT2D eigenvalue weighted by Crippen LogP contribution is -1.87. The number of nitriles is 1. The molecule has 0 saturated heterocycles. The van der Waals surface area contributed by atoms with Gasteiger partial charge in [-0.15, -0.1) is 11.8 Å². The van der Waals surface area contributed by atoms with Crippen molar-refractivity contribution in [1.82, 2.24) is 4.98 Å². The lowest BCUT2D eigenvalue weighted by Gasteiger charge is -1.97. The lowest BCUT2D eigenvalue weighted by atomic mass is 10.4. The number of anilines is 1. The fraction of sp³-hybridized carbons (Fsp3) is 0.250. The topological polar surface area (TPSA) is 62.7 Å². The predicted octanol–water partition coefficient (Wildman–Crippen LogP) is 1.67. The summed E-state index contributed by atoms with van der Waals surface area (Å²) in [7, 11) is 0. The molecule has 0 aliphatic heterocycles. The van der Waals surface area contributed by atoms with Gasteiger partial charge >= 0.3 is 0 Å². The zero-order valence-corrected chi connectivity index (χ0v) is 7.34. The molecule has 1 rings (SSSR count). The van der Waals surface area contributed by atoms with Gasteiger partial charge in [-0.25, -0.2) is 4.98 Å². The third-order valence-electron chi connectivity index (χ3n) is 1.22. The standard InChI is InChI=1S/C8H9N3S/c9-4-1-5-12-8-3-2-7(10)6-11-8/h2-3,6H,1,5,10H2. The summed E-state index contributed by atoms with van der Waals surface area (Å²) in [4.78, 5) is 4.08. The molecular formula is C8H9N3S. The number of pyridine rings is 1. The van der Waals surface area contributed by atoms with Crippen LogP contribution in [0.3, 0.4) is 0 Å². The number of hydrogen-bond acceptors (Lipinski definition) is 4. The van der Waals surface area contributed by atoms with Crippen molar-refractivity contribution in [2.24, 2.45) is 0 Å². The van der Waals surface area contributed by atoms with Crippen molar-refractivity contribution in [3.63, 3.8) is 0 Å². The van der Waals surface area contributed by atoms with Crippen LogP contribution in [0.15, 0.2) is 23.4 Å². The van der Waals surface area contributed by atoms with E-state index in [0.29, 0.717) is 12.1 Å². The molecule has 4 heteroatoms. The van der Waals surface area contributed by atoms with Crippen LogP contribution in [0.5, 0.6) is 0 Å². The number of rotatable bonds is 3. The maximum atomic E-state index is 8.28. The highest BCUT2D eigenvalue weighted by Gasteiger charge is 1.93. The molecule has 0 bridgehead atoms. The molecule has 2 N–H and O–H groups in total. The molecule has 1 aromatic rings. The van der Waals surface area contributed by atoms with E-state index in [1.54, 1.807) is 18.0 Å². The van der Waals surface area contributed by atoms with Gasteiger partial charge in [0.15, 0.2) is 0 Å². The molecule has 0 aliphatic rings. The second-order valence-corrected chi connectivity index (χ2v) is 3.30. The molecular weight excluding hydrogens is 170 g/mol. The molecule has 62 valence electrons. The Kier molecular flexibility index (Phi) is 3.42. The summed E-state index contributed by atoms with van der Waals surface area (Å²) in [6.45, 7) is 0. The van der Waals surface area contributed by atoms with Gasteiger partial charge in [-0.2, -0.15) is 5.26 Å². The molecule has 0 aliphatic carbocycles. The van der Waals surface area contributed by atoms with E-state index >= 15 is 0 Å². The summed E-state index contributed by atoms with van der Waals surface area (Å²) >= 11 is 1.56. The smallest absolute Gasteiger partial charge is 0.0961 e. The van der Waals surface area contributed by atoms with E-state index in [1.165, 1.54) is 0 Å². The average Bonchev–Trinajstić information content (AvgIpc) is 2.09. The van der Waals surface area contributed by atoms with E-state index in [-0.39, 0.29) is 0 Å². The minimum Gasteiger partial charge on any atom is -0.397 e. The van der Waals surface area contributed by atoms with E-state index in [9.17, 15) is 0 Å². The Morgan fingerprint density at radius 1 is 1.58 bits per heavy atom. The highest BCUT2D eigenvalue weighted by atomic mass is 32.2. The van der Waals surface area contributed by atoms with Gasteiger partial charge in [-0.1, -0.05) is 0 Å². The summed E-state index contributed by atoms with van der Waals surface area (Å²) in [5, 5.41) is 9.20. The molecule has 0 radical (unpaired) electrons. The number of thioether (sulfide) groups is 1. The molecule has 1 aromatic heterocycles. The summed E-state index contributed by atoms with van der Waals surface area (Å²) in [6.07, 6.45) is 2.17. The van der Waals surface area contributed by atoms with Crippen LogP contribution in [0.2, 0.25) is 0 Å². The van der Waals surface area contributed by atoms with Gasteiger partial charge in [-0.05, 0) is 12.1 Å². The molecule has 0 saturated carbocycles. The molecule has 1 heterocycles. The number of nitrogen functional groups attached to an aromatic ring is 1. The fourth-order valence-electron chi connectivity index (χ4n) is 0.678. The summed E-state index contributed by atoms with van der Waals surface area (Å²) in [6, 6.07) is 5.74. The van der Waals surface area contributed by atoms with Crippen LogP contribution in [0.25, 0.3) is 0 Å². The molecule has 0 amide bonds. The first-order chi connectivity index (χ1) is 5.83. The molecule has 0 unspecified atom stereocenters. The number of aromatic nitrogens is 1. The maximum Gasteiger partial charge on any atom is 0.0961 e. The number of nitrogens with zero attached hydrogens (tertiary/aromatic N) is 2. The van der Waals surface area contributed by atoms with E-state index in [0.717, 1.165) is 10.8 Å². The molecule has 12 heavy (non-hydrogen) atoms. The largest absolute Gasteiger partial charge is 0.397 e. The highest BCUT2D eigenvalue weighted by molar-refractivity contribution is 7.99. The van der Waals surface area contributed by atoms with Crippen LogP contribution >= 0.6 is 11.8 Å². The van der Waals surface area contributed by atoms with Crippen LogP contribution in [-0.2, 0) is 0 Å². The van der Waals surface area contributed by atoms with Crippen molar-refractivity contribution >= 4 is 17.4 Å². The molecule has 0 fully saturated rings. The first-order valence-electron chi connectivity index (χ1n) is 3.54. The normalized spacial score (nSPS) is 9.25. The molecule has 3 nitrogen and oxygen atoms in total. The average molecular weight is 179 g/mol. The number of hydrogen-bond donors (Lipinski definition) is 1. The van der Waals surface area contributed by atoms with Crippen LogP contribution in [0.1, 0.15) is 6.42 Å². The second-order valence-electron chi connectivity index (χ2n) is 2.19. The van der Waals surface area contributed by atoms with E-state index in [1.807, 2.05) is 12.1 Å². The zero-order chi connectivity index (χ0) is 8.81. The second kappa shape index (κ2) is 4.62. The van der Waals surface area contributed by atoms with Crippen molar-refractivity contribution in [2.45, 2.75) is 11.4 Å². The minimum atomic E-state index is 0.552. The molecule has 0 atom stereocenters. The van der Waals surface area contributed by atoms with Gasteiger partial charge in [0.25, 0.3) is 0 Å². The monoisotopic (exact) mass is 179 g/mol.